The van der Waals surface area contributed by atoms with Crippen LogP contribution in [0.15, 0.2) is 12.2 Å². The van der Waals surface area contributed by atoms with Crippen LogP contribution in [0.3, 0.4) is 0 Å². The van der Waals surface area contributed by atoms with Gasteiger partial charge in [0.05, 0.1) is 0 Å². The van der Waals surface area contributed by atoms with E-state index in [1.807, 2.05) is 0 Å². The van der Waals surface area contributed by atoms with Crippen molar-refractivity contribution in [3.8, 4) is 0 Å². The molecule has 2 heteroatoms. The van der Waals surface area contributed by atoms with E-state index in [1.165, 1.54) is 19.8 Å². The van der Waals surface area contributed by atoms with Crippen molar-refractivity contribution >= 4 is 5.97 Å². The third kappa shape index (κ3) is 3.40. The number of aliphatic carboxylic acids is 1. The van der Waals surface area contributed by atoms with Gasteiger partial charge in [0.2, 0.25) is 0 Å². The van der Waals surface area contributed by atoms with Crippen molar-refractivity contribution in [2.45, 2.75) is 58.8 Å². The second-order valence-corrected chi connectivity index (χ2v) is 6.97. The fraction of sp³-hybridized carbons (Fsp3) is 0.824. The molecule has 0 aliphatic heterocycles. The number of carboxylic acids is 1. The molecular weight excluding hydrogens is 236 g/mol. The first-order valence-corrected chi connectivity index (χ1v) is 7.90. The molecule has 4 fully saturated rings. The van der Waals surface area contributed by atoms with Crippen molar-refractivity contribution in [2.24, 2.45) is 29.6 Å². The van der Waals surface area contributed by atoms with Crippen molar-refractivity contribution < 1.29 is 9.90 Å². The van der Waals surface area contributed by atoms with E-state index in [9.17, 15) is 4.79 Å². The number of carboxylic acid groups (broad SMARTS) is 1. The Hall–Kier alpha value is -0.790. The largest absolute Gasteiger partial charge is 0.478 e. The number of carbonyl (C=O) groups is 1. The van der Waals surface area contributed by atoms with E-state index in [0.29, 0.717) is 0 Å². The number of hydrogen-bond donors (Lipinski definition) is 1. The predicted octanol–water partition coefficient (Wildman–Crippen LogP) is 4.51. The maximum atomic E-state index is 9.60. The Labute approximate surface area is 117 Å². The van der Waals surface area contributed by atoms with Gasteiger partial charge in [-0.25, -0.2) is 4.79 Å². The van der Waals surface area contributed by atoms with E-state index in [1.54, 1.807) is 32.1 Å². The van der Waals surface area contributed by atoms with Gasteiger partial charge in [-0.1, -0.05) is 26.3 Å². The Morgan fingerprint density at radius 2 is 1.53 bits per heavy atom. The van der Waals surface area contributed by atoms with Gasteiger partial charge in [-0.3, -0.25) is 0 Å². The molecule has 108 valence electrons. The van der Waals surface area contributed by atoms with Gasteiger partial charge in [0, 0.05) is 5.57 Å². The molecule has 0 atom stereocenters. The van der Waals surface area contributed by atoms with Crippen LogP contribution < -0.4 is 0 Å². The Bertz CT molecular complexity index is 305. The van der Waals surface area contributed by atoms with Crippen LogP contribution in [0.4, 0.5) is 0 Å². The van der Waals surface area contributed by atoms with Crippen molar-refractivity contribution in [1.29, 1.82) is 0 Å². The van der Waals surface area contributed by atoms with E-state index < -0.39 is 5.97 Å². The smallest absolute Gasteiger partial charge is 0.330 e. The second-order valence-electron chi connectivity index (χ2n) is 6.97. The van der Waals surface area contributed by atoms with Crippen LogP contribution in [0, 0.1) is 29.6 Å². The van der Waals surface area contributed by atoms with Crippen molar-refractivity contribution in [3.63, 3.8) is 0 Å². The van der Waals surface area contributed by atoms with Crippen LogP contribution in [0.5, 0.6) is 0 Å². The van der Waals surface area contributed by atoms with Gasteiger partial charge >= 0.3 is 5.97 Å². The normalized spacial score (nSPS) is 38.5. The van der Waals surface area contributed by atoms with Gasteiger partial charge in [0.1, 0.15) is 0 Å². The zero-order valence-corrected chi connectivity index (χ0v) is 12.4. The highest BCUT2D eigenvalue weighted by atomic mass is 16.4. The number of hydrogen-bond acceptors (Lipinski definition) is 1. The Balaban J connectivity index is 0.000000192. The molecule has 4 bridgehead atoms. The summed E-state index contributed by atoms with van der Waals surface area (Å²) in [5, 5.41) is 7.89. The Kier molecular flexibility index (Phi) is 4.70. The molecule has 0 spiro atoms. The highest BCUT2D eigenvalue weighted by Gasteiger charge is 2.47. The molecule has 0 unspecified atom stereocenters. The van der Waals surface area contributed by atoms with Crippen LogP contribution in [-0.2, 0) is 4.79 Å². The minimum absolute atomic E-state index is 0.176. The van der Waals surface area contributed by atoms with Gasteiger partial charge in [0.25, 0.3) is 0 Å². The summed E-state index contributed by atoms with van der Waals surface area (Å²) in [4.78, 5) is 9.60. The molecule has 2 nitrogen and oxygen atoms in total. The average Bonchev–Trinajstić information content (AvgIpc) is 2.33. The molecular formula is C17H28O2. The Morgan fingerprint density at radius 3 is 1.84 bits per heavy atom. The summed E-state index contributed by atoms with van der Waals surface area (Å²) in [6, 6.07) is 0. The van der Waals surface area contributed by atoms with Gasteiger partial charge in [-0.15, -0.1) is 0 Å². The molecule has 0 aromatic heterocycles. The summed E-state index contributed by atoms with van der Waals surface area (Å²) in [6.45, 7) is 6.97. The average molecular weight is 264 g/mol. The van der Waals surface area contributed by atoms with Gasteiger partial charge < -0.3 is 5.11 Å². The summed E-state index contributed by atoms with van der Waals surface area (Å²) >= 11 is 0. The van der Waals surface area contributed by atoms with E-state index in [4.69, 9.17) is 5.11 Å². The van der Waals surface area contributed by atoms with Gasteiger partial charge in [0.15, 0.2) is 0 Å². The minimum Gasteiger partial charge on any atom is -0.478 e. The molecule has 0 aromatic rings. The summed E-state index contributed by atoms with van der Waals surface area (Å²) in [5.41, 5.74) is 0.176. The van der Waals surface area contributed by atoms with Gasteiger partial charge in [-0.05, 0) is 68.6 Å². The molecule has 0 saturated heterocycles. The fourth-order valence-corrected chi connectivity index (χ4v) is 4.84. The topological polar surface area (TPSA) is 37.3 Å². The maximum absolute atomic E-state index is 9.60. The quantitative estimate of drug-likeness (QED) is 0.762. The lowest BCUT2D eigenvalue weighted by Crippen LogP contribution is -2.44. The summed E-state index contributed by atoms with van der Waals surface area (Å²) in [5.74, 6) is 4.87. The molecule has 1 N–H and O–H groups in total. The molecule has 0 heterocycles. The highest BCUT2D eigenvalue weighted by molar-refractivity contribution is 5.84. The SMILES string of the molecule is C=C(C)C(=O)O.CCCC1C2CC3CC(C2)CC1C3. The molecule has 4 aliphatic rings. The molecule has 4 rings (SSSR count). The van der Waals surface area contributed by atoms with Crippen LogP contribution in [-0.4, -0.2) is 11.1 Å². The van der Waals surface area contributed by atoms with Crippen LogP contribution in [0.25, 0.3) is 0 Å². The minimum atomic E-state index is -0.935. The van der Waals surface area contributed by atoms with E-state index in [0.717, 1.165) is 29.6 Å². The lowest BCUT2D eigenvalue weighted by molar-refractivity contribution is -0.132. The maximum Gasteiger partial charge on any atom is 0.330 e. The molecule has 0 radical (unpaired) electrons. The first-order valence-electron chi connectivity index (χ1n) is 7.90. The zero-order chi connectivity index (χ0) is 14.0. The zero-order valence-electron chi connectivity index (χ0n) is 12.4. The molecule has 4 aliphatic carbocycles. The lowest BCUT2D eigenvalue weighted by Gasteiger charge is -2.54. The monoisotopic (exact) mass is 264 g/mol. The van der Waals surface area contributed by atoms with Gasteiger partial charge in [-0.2, -0.15) is 0 Å². The van der Waals surface area contributed by atoms with Crippen molar-refractivity contribution in [2.75, 3.05) is 0 Å². The molecule has 0 amide bonds. The summed E-state index contributed by atoms with van der Waals surface area (Å²) in [7, 11) is 0. The van der Waals surface area contributed by atoms with E-state index in [2.05, 4.69) is 13.5 Å². The lowest BCUT2D eigenvalue weighted by atomic mass is 9.51. The fourth-order valence-electron chi connectivity index (χ4n) is 4.84. The van der Waals surface area contributed by atoms with Crippen LogP contribution in [0.2, 0.25) is 0 Å². The third-order valence-corrected chi connectivity index (χ3v) is 5.41. The molecule has 19 heavy (non-hydrogen) atoms. The van der Waals surface area contributed by atoms with Crippen molar-refractivity contribution in [3.05, 3.63) is 12.2 Å². The Morgan fingerprint density at radius 1 is 1.11 bits per heavy atom. The summed E-state index contributed by atoms with van der Waals surface area (Å²) < 4.78 is 0. The first-order chi connectivity index (χ1) is 9.01. The first kappa shape index (κ1) is 14.6. The number of rotatable bonds is 3. The third-order valence-electron chi connectivity index (χ3n) is 5.41. The standard InChI is InChI=1S/C13H22.C4H6O2/c1-2-3-13-11-5-9-4-10(7-11)8-12(13)6-9;1-3(2)4(5)6/h9-13H,2-8H2,1H3;1H2,2H3,(H,5,6). The van der Waals surface area contributed by atoms with Crippen LogP contribution in [0.1, 0.15) is 58.8 Å². The second kappa shape index (κ2) is 6.11. The molecule has 0 aromatic carbocycles. The molecule has 4 saturated carbocycles. The van der Waals surface area contributed by atoms with Crippen molar-refractivity contribution in [1.82, 2.24) is 0 Å². The highest BCUT2D eigenvalue weighted by Crippen LogP contribution is 2.57. The van der Waals surface area contributed by atoms with Crippen LogP contribution >= 0.6 is 0 Å². The van der Waals surface area contributed by atoms with E-state index >= 15 is 0 Å². The predicted molar refractivity (Wildman–Crippen MR) is 77.9 cm³/mol. The van der Waals surface area contributed by atoms with E-state index in [-0.39, 0.29) is 5.57 Å². The summed E-state index contributed by atoms with van der Waals surface area (Å²) in [6.07, 6.45) is 11.0.